The summed E-state index contributed by atoms with van der Waals surface area (Å²) in [5, 5.41) is 7.33. The van der Waals surface area contributed by atoms with Crippen LogP contribution in [0.2, 0.25) is 0 Å². The van der Waals surface area contributed by atoms with Gasteiger partial charge in [-0.25, -0.2) is 9.78 Å². The summed E-state index contributed by atoms with van der Waals surface area (Å²) in [4.78, 5) is 42.3. The number of furan rings is 1. The summed E-state index contributed by atoms with van der Waals surface area (Å²) in [5.41, 5.74) is 1.56. The van der Waals surface area contributed by atoms with Crippen LogP contribution in [0, 0.1) is 0 Å². The summed E-state index contributed by atoms with van der Waals surface area (Å²) in [6, 6.07) is 13.1. The summed E-state index contributed by atoms with van der Waals surface area (Å²) in [6.07, 6.45) is 1.35. The molecule has 0 atom stereocenters. The van der Waals surface area contributed by atoms with E-state index in [9.17, 15) is 14.4 Å². The Balaban J connectivity index is 1.43. The van der Waals surface area contributed by atoms with Crippen LogP contribution >= 0.6 is 11.3 Å². The number of hydrogen-bond donors (Lipinski definition) is 2. The average molecular weight is 538 g/mol. The zero-order valence-corrected chi connectivity index (χ0v) is 21.4. The number of benzene rings is 2. The lowest BCUT2D eigenvalue weighted by atomic mass is 10.1. The first-order chi connectivity index (χ1) is 18.4. The van der Waals surface area contributed by atoms with Crippen LogP contribution < -0.4 is 24.8 Å². The van der Waals surface area contributed by atoms with Crippen molar-refractivity contribution < 1.29 is 37.7 Å². The number of thiazole rings is 1. The SMILES string of the molecule is COc1ccc(-c2csc(NC(=O)COC(=O)c3cc(OC)c(OC)cc3NC(=O)c3ccco3)n2)cc1. The van der Waals surface area contributed by atoms with Crippen LogP contribution in [-0.4, -0.2) is 50.7 Å². The van der Waals surface area contributed by atoms with Crippen LogP contribution in [-0.2, 0) is 9.53 Å². The first kappa shape index (κ1) is 26.2. The van der Waals surface area contributed by atoms with Gasteiger partial charge in [0.25, 0.3) is 11.8 Å². The monoisotopic (exact) mass is 537 g/mol. The van der Waals surface area contributed by atoms with Crippen molar-refractivity contribution in [2.75, 3.05) is 38.6 Å². The van der Waals surface area contributed by atoms with Crippen LogP contribution in [0.4, 0.5) is 10.8 Å². The Kier molecular flexibility index (Phi) is 8.23. The Morgan fingerprint density at radius 1 is 0.947 bits per heavy atom. The van der Waals surface area contributed by atoms with Gasteiger partial charge >= 0.3 is 5.97 Å². The molecule has 2 N–H and O–H groups in total. The molecule has 2 heterocycles. The molecule has 2 aromatic heterocycles. The molecule has 2 aromatic carbocycles. The molecule has 11 nitrogen and oxygen atoms in total. The molecule has 2 amide bonds. The highest BCUT2D eigenvalue weighted by atomic mass is 32.1. The fraction of sp³-hybridized carbons (Fsp3) is 0.154. The molecule has 0 saturated heterocycles. The highest BCUT2D eigenvalue weighted by Gasteiger charge is 2.22. The number of ether oxygens (including phenoxy) is 4. The highest BCUT2D eigenvalue weighted by Crippen LogP contribution is 2.34. The van der Waals surface area contributed by atoms with Crippen molar-refractivity contribution in [3.05, 3.63) is 71.5 Å². The number of nitrogens with zero attached hydrogens (tertiary/aromatic N) is 1. The Morgan fingerprint density at radius 3 is 2.34 bits per heavy atom. The Hall–Kier alpha value is -4.84. The Morgan fingerprint density at radius 2 is 1.68 bits per heavy atom. The minimum absolute atomic E-state index is 0.0379. The summed E-state index contributed by atoms with van der Waals surface area (Å²) in [7, 11) is 4.40. The van der Waals surface area contributed by atoms with Crippen LogP contribution in [0.1, 0.15) is 20.9 Å². The van der Waals surface area contributed by atoms with Gasteiger partial charge in [0.2, 0.25) is 0 Å². The van der Waals surface area contributed by atoms with Crippen molar-refractivity contribution in [2.24, 2.45) is 0 Å². The third kappa shape index (κ3) is 6.10. The van der Waals surface area contributed by atoms with Crippen molar-refractivity contribution in [2.45, 2.75) is 0 Å². The predicted molar refractivity (Wildman–Crippen MR) is 139 cm³/mol. The molecule has 196 valence electrons. The predicted octanol–water partition coefficient (Wildman–Crippen LogP) is 4.48. The fourth-order valence-corrected chi connectivity index (χ4v) is 4.07. The van der Waals surface area contributed by atoms with Gasteiger partial charge in [-0.15, -0.1) is 11.3 Å². The van der Waals surface area contributed by atoms with Crippen molar-refractivity contribution in [1.82, 2.24) is 4.98 Å². The number of anilines is 2. The third-order valence-corrected chi connectivity index (χ3v) is 5.97. The lowest BCUT2D eigenvalue weighted by molar-refractivity contribution is -0.119. The second-order valence-corrected chi connectivity index (χ2v) is 8.43. The molecule has 12 heteroatoms. The van der Waals surface area contributed by atoms with E-state index >= 15 is 0 Å². The molecule has 0 fully saturated rings. The second kappa shape index (κ2) is 11.9. The zero-order valence-electron chi connectivity index (χ0n) is 20.6. The van der Waals surface area contributed by atoms with Gasteiger partial charge in [-0.3, -0.25) is 14.9 Å². The molecule has 4 rings (SSSR count). The largest absolute Gasteiger partial charge is 0.497 e. The number of carbonyl (C=O) groups excluding carboxylic acids is 3. The normalized spacial score (nSPS) is 10.4. The fourth-order valence-electron chi connectivity index (χ4n) is 3.33. The molecule has 0 spiro atoms. The van der Waals surface area contributed by atoms with Crippen LogP contribution in [0.15, 0.2) is 64.6 Å². The van der Waals surface area contributed by atoms with Crippen LogP contribution in [0.25, 0.3) is 11.3 Å². The highest BCUT2D eigenvalue weighted by molar-refractivity contribution is 7.14. The minimum atomic E-state index is -0.867. The molecule has 0 radical (unpaired) electrons. The second-order valence-electron chi connectivity index (χ2n) is 7.57. The van der Waals surface area contributed by atoms with Crippen LogP contribution in [0.3, 0.4) is 0 Å². The van der Waals surface area contributed by atoms with E-state index in [1.165, 1.54) is 50.0 Å². The van der Waals surface area contributed by atoms with E-state index in [4.69, 9.17) is 23.4 Å². The van der Waals surface area contributed by atoms with E-state index in [0.717, 1.165) is 11.3 Å². The quantitative estimate of drug-likeness (QED) is 0.280. The number of esters is 1. The lowest BCUT2D eigenvalue weighted by Gasteiger charge is -2.15. The molecule has 0 aliphatic rings. The smallest absolute Gasteiger partial charge is 0.340 e. The molecule has 38 heavy (non-hydrogen) atoms. The molecule has 0 aliphatic heterocycles. The maximum absolute atomic E-state index is 12.9. The first-order valence-electron chi connectivity index (χ1n) is 11.1. The summed E-state index contributed by atoms with van der Waals surface area (Å²) < 4.78 is 26.0. The number of rotatable bonds is 10. The number of nitrogens with one attached hydrogen (secondary N) is 2. The molecule has 4 aromatic rings. The number of carbonyl (C=O) groups is 3. The van der Waals surface area contributed by atoms with Gasteiger partial charge in [-0.1, -0.05) is 0 Å². The maximum atomic E-state index is 12.9. The van der Waals surface area contributed by atoms with E-state index < -0.39 is 24.4 Å². The van der Waals surface area contributed by atoms with E-state index in [1.807, 2.05) is 24.3 Å². The van der Waals surface area contributed by atoms with Gasteiger partial charge in [-0.05, 0) is 36.4 Å². The van der Waals surface area contributed by atoms with Gasteiger partial charge in [0, 0.05) is 23.1 Å². The molecule has 0 bridgehead atoms. The number of methoxy groups -OCH3 is 3. The van der Waals surface area contributed by atoms with E-state index in [0.29, 0.717) is 10.8 Å². The third-order valence-electron chi connectivity index (χ3n) is 5.21. The standard InChI is InChI=1S/C26H23N3O8S/c1-33-16-8-6-15(7-9-16)19-14-38-26(28-19)29-23(30)13-37-25(32)17-11-21(34-2)22(35-3)12-18(17)27-24(31)20-5-4-10-36-20/h4-12,14H,13H2,1-3H3,(H,27,31)(H,28,29,30). The number of amides is 2. The molecular weight excluding hydrogens is 514 g/mol. The Bertz CT molecular complexity index is 1430. The van der Waals surface area contributed by atoms with Crippen molar-refractivity contribution in [3.8, 4) is 28.5 Å². The summed E-state index contributed by atoms with van der Waals surface area (Å²) in [6.45, 7) is -0.587. The number of hydrogen-bond acceptors (Lipinski definition) is 10. The van der Waals surface area contributed by atoms with Gasteiger partial charge in [0.05, 0.1) is 44.5 Å². The zero-order chi connectivity index (χ0) is 27.1. The van der Waals surface area contributed by atoms with Crippen LogP contribution in [0.5, 0.6) is 17.2 Å². The number of aromatic nitrogens is 1. The van der Waals surface area contributed by atoms with Crippen molar-refractivity contribution >= 4 is 39.9 Å². The van der Waals surface area contributed by atoms with Crippen molar-refractivity contribution in [3.63, 3.8) is 0 Å². The first-order valence-corrected chi connectivity index (χ1v) is 12.0. The molecule has 0 unspecified atom stereocenters. The average Bonchev–Trinajstić information content (AvgIpc) is 3.64. The molecule has 0 saturated carbocycles. The minimum Gasteiger partial charge on any atom is -0.497 e. The van der Waals surface area contributed by atoms with Gasteiger partial charge in [0.15, 0.2) is 29.0 Å². The van der Waals surface area contributed by atoms with E-state index in [1.54, 1.807) is 18.6 Å². The summed E-state index contributed by atoms with van der Waals surface area (Å²) in [5.74, 6) is -0.787. The topological polar surface area (TPSA) is 138 Å². The summed E-state index contributed by atoms with van der Waals surface area (Å²) >= 11 is 1.23. The van der Waals surface area contributed by atoms with Gasteiger partial charge in [0.1, 0.15) is 5.75 Å². The van der Waals surface area contributed by atoms with E-state index in [-0.39, 0.29) is 28.5 Å². The molecular formula is C26H23N3O8S. The van der Waals surface area contributed by atoms with Gasteiger partial charge < -0.3 is 28.7 Å². The molecule has 0 aliphatic carbocycles. The lowest BCUT2D eigenvalue weighted by Crippen LogP contribution is -2.22. The van der Waals surface area contributed by atoms with Crippen molar-refractivity contribution in [1.29, 1.82) is 0 Å². The maximum Gasteiger partial charge on any atom is 0.340 e. The van der Waals surface area contributed by atoms with Gasteiger partial charge in [-0.2, -0.15) is 0 Å². The Labute approximate surface area is 221 Å². The van der Waals surface area contributed by atoms with E-state index in [2.05, 4.69) is 15.6 Å².